The van der Waals surface area contributed by atoms with E-state index in [-0.39, 0.29) is 24.1 Å². The van der Waals surface area contributed by atoms with Crippen molar-refractivity contribution in [2.75, 3.05) is 19.6 Å². The van der Waals surface area contributed by atoms with Crippen LogP contribution < -0.4 is 20.9 Å². The van der Waals surface area contributed by atoms with Crippen LogP contribution in [-0.2, 0) is 11.3 Å². The Hall–Kier alpha value is -2.41. The summed E-state index contributed by atoms with van der Waals surface area (Å²) in [6.07, 6.45) is 1.01. The van der Waals surface area contributed by atoms with Gasteiger partial charge in [-0.1, -0.05) is 48.5 Å². The predicted molar refractivity (Wildman–Crippen MR) is 109 cm³/mol. The van der Waals surface area contributed by atoms with E-state index in [0.29, 0.717) is 13.1 Å². The van der Waals surface area contributed by atoms with Gasteiger partial charge in [0.25, 0.3) is 0 Å². The lowest BCUT2D eigenvalue weighted by Crippen LogP contribution is -2.44. The molecule has 1 fully saturated rings. The first kappa shape index (κ1) is 18.9. The molecule has 2 aromatic rings. The van der Waals surface area contributed by atoms with Gasteiger partial charge in [0.15, 0.2) is 0 Å². The van der Waals surface area contributed by atoms with E-state index in [1.54, 1.807) is 0 Å². The molecule has 3 N–H and O–H groups in total. The van der Waals surface area contributed by atoms with Crippen LogP contribution in [-0.4, -0.2) is 42.6 Å². The predicted octanol–water partition coefficient (Wildman–Crippen LogP) is 1.99. The zero-order chi connectivity index (χ0) is 19.3. The van der Waals surface area contributed by atoms with E-state index in [1.165, 1.54) is 5.56 Å². The van der Waals surface area contributed by atoms with Crippen LogP contribution in [0.5, 0.6) is 5.75 Å². The highest BCUT2D eigenvalue weighted by molar-refractivity contribution is 5.78. The number of hydrazine groups is 1. The van der Waals surface area contributed by atoms with Crippen molar-refractivity contribution in [1.82, 2.24) is 21.1 Å². The maximum Gasteiger partial charge on any atom is 0.234 e. The Balaban J connectivity index is 1.26. The summed E-state index contributed by atoms with van der Waals surface area (Å²) in [6, 6.07) is 18.9. The largest absolute Gasteiger partial charge is 0.489 e. The summed E-state index contributed by atoms with van der Waals surface area (Å²) in [5, 5.41) is 3.08. The summed E-state index contributed by atoms with van der Waals surface area (Å²) in [6.45, 7) is 4.51. The Morgan fingerprint density at radius 2 is 1.93 bits per heavy atom. The molecular weight excluding hydrogens is 352 g/mol. The fourth-order valence-electron chi connectivity index (χ4n) is 3.95. The van der Waals surface area contributed by atoms with Gasteiger partial charge in [0, 0.05) is 37.3 Å². The maximum atomic E-state index is 12.5. The first-order valence-electron chi connectivity index (χ1n) is 9.97. The minimum atomic E-state index is 0.0524. The molecule has 4 rings (SSSR count). The standard InChI is InChI=1S/C22H28N4O2/c1-16-13-26(14-18-9-5-6-10-21(18)28-16)15-22(27)23-12-19-11-20(25-24-19)17-7-3-2-4-8-17/h2-10,16,19-20,24-25H,11-15H2,1H3,(H,23,27). The van der Waals surface area contributed by atoms with Crippen molar-refractivity contribution in [2.24, 2.45) is 0 Å². The van der Waals surface area contributed by atoms with Crippen molar-refractivity contribution in [3.05, 3.63) is 65.7 Å². The smallest absolute Gasteiger partial charge is 0.234 e. The Kier molecular flexibility index (Phi) is 5.90. The Morgan fingerprint density at radius 1 is 1.14 bits per heavy atom. The average Bonchev–Trinajstić information content (AvgIpc) is 3.11. The number of carbonyl (C=O) groups excluding carboxylic acids is 1. The first-order chi connectivity index (χ1) is 13.7. The van der Waals surface area contributed by atoms with Gasteiger partial charge in [0.1, 0.15) is 11.9 Å². The zero-order valence-corrected chi connectivity index (χ0v) is 16.2. The molecule has 0 spiro atoms. The summed E-state index contributed by atoms with van der Waals surface area (Å²) >= 11 is 0. The molecular formula is C22H28N4O2. The highest BCUT2D eigenvalue weighted by Crippen LogP contribution is 2.24. The first-order valence-corrected chi connectivity index (χ1v) is 9.97. The van der Waals surface area contributed by atoms with Crippen molar-refractivity contribution in [1.29, 1.82) is 0 Å². The van der Waals surface area contributed by atoms with Crippen LogP contribution in [0.15, 0.2) is 54.6 Å². The van der Waals surface area contributed by atoms with E-state index in [1.807, 2.05) is 31.2 Å². The highest BCUT2D eigenvalue weighted by atomic mass is 16.5. The van der Waals surface area contributed by atoms with E-state index in [0.717, 1.165) is 30.8 Å². The van der Waals surface area contributed by atoms with Crippen molar-refractivity contribution in [3.63, 3.8) is 0 Å². The molecule has 28 heavy (non-hydrogen) atoms. The number of amides is 1. The molecule has 1 saturated heterocycles. The van der Waals surface area contributed by atoms with Crippen molar-refractivity contribution < 1.29 is 9.53 Å². The monoisotopic (exact) mass is 380 g/mol. The van der Waals surface area contributed by atoms with E-state index in [2.05, 4.69) is 51.4 Å². The summed E-state index contributed by atoms with van der Waals surface area (Å²) in [5.41, 5.74) is 9.02. The van der Waals surface area contributed by atoms with Crippen molar-refractivity contribution in [3.8, 4) is 5.75 Å². The second-order valence-corrected chi connectivity index (χ2v) is 7.69. The molecule has 0 radical (unpaired) electrons. The molecule has 1 amide bonds. The quantitative estimate of drug-likeness (QED) is 0.740. The molecule has 148 valence electrons. The van der Waals surface area contributed by atoms with Gasteiger partial charge in [-0.25, -0.2) is 5.43 Å². The Bertz CT molecular complexity index is 798. The van der Waals surface area contributed by atoms with Gasteiger partial charge >= 0.3 is 0 Å². The zero-order valence-electron chi connectivity index (χ0n) is 16.2. The van der Waals surface area contributed by atoms with Gasteiger partial charge in [-0.3, -0.25) is 15.1 Å². The van der Waals surface area contributed by atoms with Gasteiger partial charge in [-0.05, 0) is 25.0 Å². The number of nitrogens with one attached hydrogen (secondary N) is 3. The van der Waals surface area contributed by atoms with Crippen LogP contribution in [0, 0.1) is 0 Å². The molecule has 0 bridgehead atoms. The molecule has 0 aliphatic carbocycles. The molecule has 2 aliphatic rings. The fraction of sp³-hybridized carbons (Fsp3) is 0.409. The fourth-order valence-corrected chi connectivity index (χ4v) is 3.95. The highest BCUT2D eigenvalue weighted by Gasteiger charge is 2.26. The SMILES string of the molecule is CC1CN(CC(=O)NCC2CC(c3ccccc3)NN2)Cc2ccccc2O1. The van der Waals surface area contributed by atoms with E-state index >= 15 is 0 Å². The number of fused-ring (bicyclic) bond motifs is 1. The Morgan fingerprint density at radius 3 is 2.79 bits per heavy atom. The molecule has 2 aliphatic heterocycles. The lowest BCUT2D eigenvalue weighted by Gasteiger charge is -2.21. The molecule has 0 saturated carbocycles. The number of rotatable bonds is 5. The van der Waals surface area contributed by atoms with Crippen molar-refractivity contribution >= 4 is 5.91 Å². The summed E-state index contributed by atoms with van der Waals surface area (Å²) < 4.78 is 5.97. The number of nitrogens with zero attached hydrogens (tertiary/aromatic N) is 1. The second kappa shape index (κ2) is 8.73. The third kappa shape index (κ3) is 4.70. The van der Waals surface area contributed by atoms with Crippen LogP contribution in [0.4, 0.5) is 0 Å². The van der Waals surface area contributed by atoms with Crippen LogP contribution in [0.25, 0.3) is 0 Å². The molecule has 2 heterocycles. The minimum Gasteiger partial charge on any atom is -0.489 e. The maximum absolute atomic E-state index is 12.5. The average molecular weight is 380 g/mol. The number of carbonyl (C=O) groups is 1. The van der Waals surface area contributed by atoms with Gasteiger partial charge in [0.2, 0.25) is 5.91 Å². The van der Waals surface area contributed by atoms with Crippen LogP contribution in [0.3, 0.4) is 0 Å². The van der Waals surface area contributed by atoms with Gasteiger partial charge in [0.05, 0.1) is 6.54 Å². The molecule has 2 aromatic carbocycles. The van der Waals surface area contributed by atoms with Crippen LogP contribution in [0.2, 0.25) is 0 Å². The normalized spacial score (nSPS) is 24.8. The van der Waals surface area contributed by atoms with Crippen LogP contribution in [0.1, 0.15) is 30.5 Å². The lowest BCUT2D eigenvalue weighted by atomic mass is 10.0. The van der Waals surface area contributed by atoms with Gasteiger partial charge in [-0.15, -0.1) is 0 Å². The van der Waals surface area contributed by atoms with Gasteiger partial charge in [-0.2, -0.15) is 0 Å². The molecule has 3 unspecified atom stereocenters. The molecule has 0 aromatic heterocycles. The number of hydrogen-bond acceptors (Lipinski definition) is 5. The molecule has 6 heteroatoms. The number of ether oxygens (including phenoxy) is 1. The molecule has 6 nitrogen and oxygen atoms in total. The summed E-state index contributed by atoms with van der Waals surface area (Å²) in [7, 11) is 0. The third-order valence-electron chi connectivity index (χ3n) is 5.31. The minimum absolute atomic E-state index is 0.0524. The summed E-state index contributed by atoms with van der Waals surface area (Å²) in [4.78, 5) is 14.7. The number of hydrogen-bond donors (Lipinski definition) is 3. The van der Waals surface area contributed by atoms with Crippen LogP contribution >= 0.6 is 0 Å². The summed E-state index contributed by atoms with van der Waals surface area (Å²) in [5.74, 6) is 0.975. The van der Waals surface area contributed by atoms with Gasteiger partial charge < -0.3 is 10.1 Å². The lowest BCUT2D eigenvalue weighted by molar-refractivity contribution is -0.122. The van der Waals surface area contributed by atoms with Crippen molar-refractivity contribution in [2.45, 2.75) is 38.1 Å². The second-order valence-electron chi connectivity index (χ2n) is 7.69. The molecule has 3 atom stereocenters. The number of para-hydroxylation sites is 1. The number of benzene rings is 2. The third-order valence-corrected chi connectivity index (χ3v) is 5.31. The van der Waals surface area contributed by atoms with E-state index < -0.39 is 0 Å². The topological polar surface area (TPSA) is 65.6 Å². The van der Waals surface area contributed by atoms with E-state index in [4.69, 9.17) is 4.74 Å². The van der Waals surface area contributed by atoms with E-state index in [9.17, 15) is 4.79 Å². The Labute approximate surface area is 166 Å².